The highest BCUT2D eigenvalue weighted by Gasteiger charge is 2.22. The summed E-state index contributed by atoms with van der Waals surface area (Å²) in [4.78, 5) is 2.74. The second kappa shape index (κ2) is 6.63. The summed E-state index contributed by atoms with van der Waals surface area (Å²) in [5.74, 6) is 0.963. The maximum Gasteiger partial charge on any atom is 0.124 e. The van der Waals surface area contributed by atoms with Crippen LogP contribution in [-0.2, 0) is 5.41 Å². The third kappa shape index (κ3) is 3.66. The zero-order valence-corrected chi connectivity index (χ0v) is 14.4. The fourth-order valence-electron chi connectivity index (χ4n) is 2.37. The molecule has 1 heterocycles. The SMILES string of the molecule is CCOc1ccccc1C(NC)c1ccc(C(C)(C)C)s1. The molecule has 0 fully saturated rings. The Kier molecular flexibility index (Phi) is 5.07. The van der Waals surface area contributed by atoms with Crippen molar-refractivity contribution in [1.82, 2.24) is 5.32 Å². The second-order valence-electron chi connectivity index (χ2n) is 6.14. The van der Waals surface area contributed by atoms with Crippen LogP contribution in [0.15, 0.2) is 36.4 Å². The monoisotopic (exact) mass is 303 g/mol. The van der Waals surface area contributed by atoms with Crippen LogP contribution in [0.1, 0.15) is 49.1 Å². The first kappa shape index (κ1) is 16.1. The summed E-state index contributed by atoms with van der Waals surface area (Å²) in [5.41, 5.74) is 1.39. The Balaban J connectivity index is 2.38. The molecule has 0 aliphatic rings. The van der Waals surface area contributed by atoms with Crippen LogP contribution in [0, 0.1) is 0 Å². The maximum atomic E-state index is 5.78. The van der Waals surface area contributed by atoms with Gasteiger partial charge in [0.1, 0.15) is 5.75 Å². The van der Waals surface area contributed by atoms with E-state index in [9.17, 15) is 0 Å². The van der Waals surface area contributed by atoms with Crippen molar-refractivity contribution in [2.24, 2.45) is 0 Å². The van der Waals surface area contributed by atoms with E-state index in [-0.39, 0.29) is 11.5 Å². The number of hydrogen-bond acceptors (Lipinski definition) is 3. The van der Waals surface area contributed by atoms with E-state index in [2.05, 4.69) is 50.4 Å². The average Bonchev–Trinajstić information content (AvgIpc) is 2.91. The molecular weight excluding hydrogens is 278 g/mol. The van der Waals surface area contributed by atoms with E-state index in [1.54, 1.807) is 0 Å². The van der Waals surface area contributed by atoms with Crippen molar-refractivity contribution in [3.05, 3.63) is 51.7 Å². The molecule has 0 amide bonds. The molecule has 3 heteroatoms. The second-order valence-corrected chi connectivity index (χ2v) is 7.26. The number of thiophene rings is 1. The summed E-state index contributed by atoms with van der Waals surface area (Å²) in [6.07, 6.45) is 0. The van der Waals surface area contributed by atoms with Gasteiger partial charge in [-0.2, -0.15) is 0 Å². The first-order valence-electron chi connectivity index (χ1n) is 7.46. The van der Waals surface area contributed by atoms with Crippen LogP contribution in [0.4, 0.5) is 0 Å². The summed E-state index contributed by atoms with van der Waals surface area (Å²) in [5, 5.41) is 3.43. The van der Waals surface area contributed by atoms with Gasteiger partial charge in [0.15, 0.2) is 0 Å². The smallest absolute Gasteiger partial charge is 0.124 e. The minimum Gasteiger partial charge on any atom is -0.494 e. The van der Waals surface area contributed by atoms with Gasteiger partial charge in [0, 0.05) is 15.3 Å². The Morgan fingerprint density at radius 2 is 1.86 bits per heavy atom. The van der Waals surface area contributed by atoms with Gasteiger partial charge in [0.25, 0.3) is 0 Å². The van der Waals surface area contributed by atoms with Crippen molar-refractivity contribution in [3.8, 4) is 5.75 Å². The Morgan fingerprint density at radius 3 is 2.43 bits per heavy atom. The molecule has 114 valence electrons. The fraction of sp³-hybridized carbons (Fsp3) is 0.444. The van der Waals surface area contributed by atoms with E-state index < -0.39 is 0 Å². The molecule has 0 radical (unpaired) electrons. The van der Waals surface area contributed by atoms with Crippen LogP contribution >= 0.6 is 11.3 Å². The Bertz CT molecular complexity index is 583. The molecule has 0 saturated heterocycles. The first-order valence-corrected chi connectivity index (χ1v) is 8.28. The molecular formula is C18H25NOS. The third-order valence-corrected chi connectivity index (χ3v) is 5.04. The number of rotatable bonds is 5. The highest BCUT2D eigenvalue weighted by Crippen LogP contribution is 2.37. The standard InChI is InChI=1S/C18H25NOS/c1-6-20-14-10-8-7-9-13(14)17(19-5)15-11-12-16(21-15)18(2,3)4/h7-12,17,19H,6H2,1-5H3. The predicted molar refractivity (Wildman–Crippen MR) is 91.5 cm³/mol. The largest absolute Gasteiger partial charge is 0.494 e. The van der Waals surface area contributed by atoms with Crippen molar-refractivity contribution >= 4 is 11.3 Å². The Morgan fingerprint density at radius 1 is 1.14 bits per heavy atom. The predicted octanol–water partition coefficient (Wildman–Crippen LogP) is 4.75. The van der Waals surface area contributed by atoms with Crippen LogP contribution in [0.2, 0.25) is 0 Å². The van der Waals surface area contributed by atoms with E-state index >= 15 is 0 Å². The summed E-state index contributed by atoms with van der Waals surface area (Å²) >= 11 is 1.88. The lowest BCUT2D eigenvalue weighted by Crippen LogP contribution is -2.17. The number of hydrogen-bond donors (Lipinski definition) is 1. The molecule has 1 atom stereocenters. The van der Waals surface area contributed by atoms with E-state index in [0.717, 1.165) is 5.75 Å². The summed E-state index contributed by atoms with van der Waals surface area (Å²) in [7, 11) is 2.00. The summed E-state index contributed by atoms with van der Waals surface area (Å²) < 4.78 is 5.78. The molecule has 21 heavy (non-hydrogen) atoms. The maximum absolute atomic E-state index is 5.78. The van der Waals surface area contributed by atoms with Crippen molar-refractivity contribution in [2.75, 3.05) is 13.7 Å². The molecule has 2 nitrogen and oxygen atoms in total. The van der Waals surface area contributed by atoms with Crippen molar-refractivity contribution in [1.29, 1.82) is 0 Å². The third-order valence-electron chi connectivity index (χ3n) is 3.47. The van der Waals surface area contributed by atoms with Crippen LogP contribution in [0.25, 0.3) is 0 Å². The van der Waals surface area contributed by atoms with Gasteiger partial charge >= 0.3 is 0 Å². The van der Waals surface area contributed by atoms with Gasteiger partial charge in [-0.1, -0.05) is 39.0 Å². The molecule has 1 unspecified atom stereocenters. The topological polar surface area (TPSA) is 21.3 Å². The van der Waals surface area contributed by atoms with Gasteiger partial charge < -0.3 is 10.1 Å². The van der Waals surface area contributed by atoms with Crippen molar-refractivity contribution in [2.45, 2.75) is 39.2 Å². The normalized spacial score (nSPS) is 13.2. The lowest BCUT2D eigenvalue weighted by molar-refractivity contribution is 0.334. The molecule has 0 saturated carbocycles. The van der Waals surface area contributed by atoms with Crippen LogP contribution in [0.5, 0.6) is 5.75 Å². The Hall–Kier alpha value is -1.32. The van der Waals surface area contributed by atoms with Gasteiger partial charge in [0.2, 0.25) is 0 Å². The number of ether oxygens (including phenoxy) is 1. The zero-order chi connectivity index (χ0) is 15.5. The quantitative estimate of drug-likeness (QED) is 0.860. The van der Waals surface area contributed by atoms with E-state index in [4.69, 9.17) is 4.74 Å². The number of benzene rings is 1. The molecule has 0 aliphatic carbocycles. The molecule has 0 aliphatic heterocycles. The molecule has 0 bridgehead atoms. The molecule has 1 aromatic carbocycles. The van der Waals surface area contributed by atoms with Gasteiger partial charge in [0.05, 0.1) is 12.6 Å². The minimum absolute atomic E-state index is 0.175. The summed E-state index contributed by atoms with van der Waals surface area (Å²) in [6, 6.07) is 12.9. The minimum atomic E-state index is 0.175. The van der Waals surface area contributed by atoms with E-state index in [1.807, 2.05) is 37.4 Å². The molecule has 1 N–H and O–H groups in total. The molecule has 0 spiro atoms. The van der Waals surface area contributed by atoms with E-state index in [0.29, 0.717) is 6.61 Å². The van der Waals surface area contributed by atoms with Crippen LogP contribution in [0.3, 0.4) is 0 Å². The van der Waals surface area contributed by atoms with Gasteiger partial charge in [-0.05, 0) is 37.6 Å². The first-order chi connectivity index (χ1) is 9.97. The van der Waals surface area contributed by atoms with Crippen molar-refractivity contribution in [3.63, 3.8) is 0 Å². The number of para-hydroxylation sites is 1. The van der Waals surface area contributed by atoms with Crippen LogP contribution < -0.4 is 10.1 Å². The summed E-state index contributed by atoms with van der Waals surface area (Å²) in [6.45, 7) is 9.47. The van der Waals surface area contributed by atoms with Crippen molar-refractivity contribution < 1.29 is 4.74 Å². The number of nitrogens with one attached hydrogen (secondary N) is 1. The average molecular weight is 303 g/mol. The molecule has 1 aromatic heterocycles. The van der Waals surface area contributed by atoms with Gasteiger partial charge in [-0.15, -0.1) is 11.3 Å². The highest BCUT2D eigenvalue weighted by atomic mass is 32.1. The Labute approximate surface area is 132 Å². The van der Waals surface area contributed by atoms with Gasteiger partial charge in [-0.3, -0.25) is 0 Å². The van der Waals surface area contributed by atoms with Gasteiger partial charge in [-0.25, -0.2) is 0 Å². The van der Waals surface area contributed by atoms with Crippen LogP contribution in [-0.4, -0.2) is 13.7 Å². The zero-order valence-electron chi connectivity index (χ0n) is 13.6. The van der Waals surface area contributed by atoms with E-state index in [1.165, 1.54) is 15.3 Å². The molecule has 2 aromatic rings. The highest BCUT2D eigenvalue weighted by molar-refractivity contribution is 7.12. The lowest BCUT2D eigenvalue weighted by Gasteiger charge is -2.19. The molecule has 2 rings (SSSR count). The lowest BCUT2D eigenvalue weighted by atomic mass is 9.95. The fourth-order valence-corrected chi connectivity index (χ4v) is 3.56.